The van der Waals surface area contributed by atoms with Crippen molar-refractivity contribution in [1.82, 2.24) is 4.90 Å². The van der Waals surface area contributed by atoms with Crippen LogP contribution in [-0.2, 0) is 16.0 Å². The Kier molecular flexibility index (Phi) is 3.89. The maximum absolute atomic E-state index is 12.3. The van der Waals surface area contributed by atoms with Crippen LogP contribution in [0.1, 0.15) is 25.0 Å². The number of ether oxygens (including phenoxy) is 2. The van der Waals surface area contributed by atoms with Crippen LogP contribution >= 0.6 is 11.8 Å². The van der Waals surface area contributed by atoms with Gasteiger partial charge in [-0.3, -0.25) is 4.79 Å². The molecule has 24 heavy (non-hydrogen) atoms. The van der Waals surface area contributed by atoms with E-state index in [4.69, 9.17) is 9.47 Å². The molecule has 0 saturated carbocycles. The molecular weight excluding hydrogens is 324 g/mol. The van der Waals surface area contributed by atoms with E-state index in [1.54, 1.807) is 0 Å². The lowest BCUT2D eigenvalue weighted by molar-refractivity contribution is -0.113. The van der Waals surface area contributed by atoms with Crippen molar-refractivity contribution in [2.75, 3.05) is 26.3 Å². The van der Waals surface area contributed by atoms with Crippen LogP contribution in [0.25, 0.3) is 6.08 Å². The van der Waals surface area contributed by atoms with Crippen LogP contribution in [0, 0.1) is 0 Å². The molecule has 1 saturated heterocycles. The van der Waals surface area contributed by atoms with Gasteiger partial charge in [-0.1, -0.05) is 18.2 Å². The van der Waals surface area contributed by atoms with Crippen LogP contribution in [0.3, 0.4) is 0 Å². The smallest absolute Gasteiger partial charge is 0.286 e. The number of hydrogen-bond donors (Lipinski definition) is 0. The molecule has 5 nitrogen and oxygen atoms in total. The van der Waals surface area contributed by atoms with Gasteiger partial charge in [0.15, 0.2) is 5.17 Å². The van der Waals surface area contributed by atoms with Gasteiger partial charge in [0.2, 0.25) is 0 Å². The molecule has 0 spiro atoms. The molecule has 3 heterocycles. The third-order valence-corrected chi connectivity index (χ3v) is 5.34. The summed E-state index contributed by atoms with van der Waals surface area (Å²) in [6, 6.07) is 6.10. The Labute approximate surface area is 145 Å². The fraction of sp³-hybridized carbons (Fsp3) is 0.444. The molecule has 1 amide bonds. The second kappa shape index (κ2) is 5.93. The SMILES string of the molecule is CC1(C)Cc2cccc(/C=C3\SC(N4CCOCC4)=NC3=O)c2O1. The highest BCUT2D eigenvalue weighted by atomic mass is 32.2. The van der Waals surface area contributed by atoms with Crippen molar-refractivity contribution in [2.45, 2.75) is 25.9 Å². The van der Waals surface area contributed by atoms with E-state index >= 15 is 0 Å². The van der Waals surface area contributed by atoms with Crippen LogP contribution in [-0.4, -0.2) is 47.9 Å². The van der Waals surface area contributed by atoms with Gasteiger partial charge >= 0.3 is 0 Å². The third kappa shape index (κ3) is 2.96. The molecule has 6 heteroatoms. The van der Waals surface area contributed by atoms with E-state index in [2.05, 4.69) is 29.8 Å². The number of morpholine rings is 1. The fourth-order valence-corrected chi connectivity index (χ4v) is 4.14. The molecule has 0 aromatic heterocycles. The predicted molar refractivity (Wildman–Crippen MR) is 95.3 cm³/mol. The second-order valence-corrected chi connectivity index (χ2v) is 7.79. The number of amidine groups is 1. The molecule has 3 aliphatic rings. The first-order valence-corrected chi connectivity index (χ1v) is 9.00. The van der Waals surface area contributed by atoms with E-state index in [1.807, 2.05) is 18.2 Å². The zero-order chi connectivity index (χ0) is 16.7. The largest absolute Gasteiger partial charge is 0.487 e. The number of hydrogen-bond acceptors (Lipinski definition) is 5. The molecule has 1 aromatic rings. The highest BCUT2D eigenvalue weighted by molar-refractivity contribution is 8.18. The van der Waals surface area contributed by atoms with Gasteiger partial charge in [-0.15, -0.1) is 0 Å². The summed E-state index contributed by atoms with van der Waals surface area (Å²) in [5.74, 6) is 0.722. The number of aliphatic imine (C=N–C) groups is 1. The molecule has 0 bridgehead atoms. The van der Waals surface area contributed by atoms with Gasteiger partial charge in [0.25, 0.3) is 5.91 Å². The van der Waals surface area contributed by atoms with E-state index < -0.39 is 0 Å². The maximum atomic E-state index is 12.3. The third-order valence-electron chi connectivity index (χ3n) is 4.30. The predicted octanol–water partition coefficient (Wildman–Crippen LogP) is 2.70. The monoisotopic (exact) mass is 344 g/mol. The van der Waals surface area contributed by atoms with Crippen LogP contribution in [0.2, 0.25) is 0 Å². The summed E-state index contributed by atoms with van der Waals surface area (Å²) in [4.78, 5) is 19.3. The second-order valence-electron chi connectivity index (χ2n) is 6.78. The minimum atomic E-state index is -0.195. The lowest BCUT2D eigenvalue weighted by Gasteiger charge is -2.27. The Morgan fingerprint density at radius 2 is 2.08 bits per heavy atom. The fourth-order valence-electron chi connectivity index (χ4n) is 3.18. The first-order valence-electron chi connectivity index (χ1n) is 8.18. The number of para-hydroxylation sites is 1. The summed E-state index contributed by atoms with van der Waals surface area (Å²) in [7, 11) is 0. The van der Waals surface area contributed by atoms with E-state index in [0.717, 1.165) is 36.0 Å². The molecule has 0 N–H and O–H groups in total. The van der Waals surface area contributed by atoms with Crippen molar-refractivity contribution >= 4 is 28.9 Å². The van der Waals surface area contributed by atoms with Gasteiger partial charge in [-0.05, 0) is 37.2 Å². The first-order chi connectivity index (χ1) is 11.5. The van der Waals surface area contributed by atoms with Crippen LogP contribution in [0.15, 0.2) is 28.1 Å². The van der Waals surface area contributed by atoms with Crippen molar-refractivity contribution in [1.29, 1.82) is 0 Å². The van der Waals surface area contributed by atoms with Crippen LogP contribution in [0.4, 0.5) is 0 Å². The first kappa shape index (κ1) is 15.7. The Balaban J connectivity index is 1.58. The Bertz CT molecular complexity index is 749. The topological polar surface area (TPSA) is 51.1 Å². The number of thioether (sulfide) groups is 1. The quantitative estimate of drug-likeness (QED) is 0.733. The zero-order valence-electron chi connectivity index (χ0n) is 13.9. The lowest BCUT2D eigenvalue weighted by atomic mass is 10.0. The van der Waals surface area contributed by atoms with Gasteiger partial charge in [0.1, 0.15) is 11.4 Å². The standard InChI is InChI=1S/C18H20N2O3S/c1-18(2)11-13-5-3-4-12(15(13)23-18)10-14-16(21)19-17(24-14)20-6-8-22-9-7-20/h3-5,10H,6-9,11H2,1-2H3/b14-10-. The number of carbonyl (C=O) groups excluding carboxylic acids is 1. The van der Waals surface area contributed by atoms with E-state index in [1.165, 1.54) is 17.3 Å². The normalized spacial score (nSPS) is 24.1. The average molecular weight is 344 g/mol. The Hall–Kier alpha value is -1.79. The number of nitrogens with zero attached hydrogens (tertiary/aromatic N) is 2. The van der Waals surface area contributed by atoms with Crippen LogP contribution in [0.5, 0.6) is 5.75 Å². The van der Waals surface area contributed by atoms with Gasteiger partial charge in [0.05, 0.1) is 18.1 Å². The summed E-state index contributed by atoms with van der Waals surface area (Å²) in [6.07, 6.45) is 2.79. The number of carbonyl (C=O) groups is 1. The zero-order valence-corrected chi connectivity index (χ0v) is 14.7. The molecule has 126 valence electrons. The Morgan fingerprint density at radius 1 is 1.29 bits per heavy atom. The van der Waals surface area contributed by atoms with Gasteiger partial charge in [-0.25, -0.2) is 0 Å². The van der Waals surface area contributed by atoms with E-state index in [9.17, 15) is 4.79 Å². The molecule has 0 aliphatic carbocycles. The van der Waals surface area contributed by atoms with E-state index in [-0.39, 0.29) is 11.5 Å². The Morgan fingerprint density at radius 3 is 2.88 bits per heavy atom. The molecule has 0 radical (unpaired) electrons. The summed E-state index contributed by atoms with van der Waals surface area (Å²) in [5, 5.41) is 0.781. The minimum Gasteiger partial charge on any atom is -0.487 e. The molecule has 1 aromatic carbocycles. The van der Waals surface area contributed by atoms with Crippen molar-refractivity contribution in [3.05, 3.63) is 34.2 Å². The molecule has 4 rings (SSSR count). The summed E-state index contributed by atoms with van der Waals surface area (Å²) < 4.78 is 11.4. The summed E-state index contributed by atoms with van der Waals surface area (Å²) in [5.41, 5.74) is 1.95. The van der Waals surface area contributed by atoms with Gasteiger partial charge in [0, 0.05) is 25.1 Å². The number of benzene rings is 1. The van der Waals surface area contributed by atoms with Crippen molar-refractivity contribution in [3.63, 3.8) is 0 Å². The molecule has 0 unspecified atom stereocenters. The molecule has 1 fully saturated rings. The number of rotatable bonds is 1. The highest BCUT2D eigenvalue weighted by Gasteiger charge is 2.32. The highest BCUT2D eigenvalue weighted by Crippen LogP contribution is 2.40. The average Bonchev–Trinajstić information content (AvgIpc) is 3.07. The van der Waals surface area contributed by atoms with Crippen LogP contribution < -0.4 is 4.74 Å². The summed E-state index contributed by atoms with van der Waals surface area (Å²) >= 11 is 1.44. The maximum Gasteiger partial charge on any atom is 0.286 e. The van der Waals surface area contributed by atoms with Crippen molar-refractivity contribution in [2.24, 2.45) is 4.99 Å². The minimum absolute atomic E-state index is 0.170. The van der Waals surface area contributed by atoms with Gasteiger partial charge < -0.3 is 14.4 Å². The number of fused-ring (bicyclic) bond motifs is 1. The van der Waals surface area contributed by atoms with Crippen molar-refractivity contribution in [3.8, 4) is 5.75 Å². The molecule has 0 atom stereocenters. The van der Waals surface area contributed by atoms with Gasteiger partial charge in [-0.2, -0.15) is 4.99 Å². The molecule has 3 aliphatic heterocycles. The van der Waals surface area contributed by atoms with Crippen molar-refractivity contribution < 1.29 is 14.3 Å². The number of amides is 1. The molecular formula is C18H20N2O3S. The summed E-state index contributed by atoms with van der Waals surface area (Å²) in [6.45, 7) is 7.09. The lowest BCUT2D eigenvalue weighted by Crippen LogP contribution is -2.38. The van der Waals surface area contributed by atoms with E-state index in [0.29, 0.717) is 18.1 Å².